The summed E-state index contributed by atoms with van der Waals surface area (Å²) in [6, 6.07) is 11.9. The van der Waals surface area contributed by atoms with Gasteiger partial charge in [-0.2, -0.15) is 4.31 Å². The van der Waals surface area contributed by atoms with Crippen molar-refractivity contribution in [2.75, 3.05) is 45.3 Å². The van der Waals surface area contributed by atoms with Gasteiger partial charge in [0.1, 0.15) is 11.5 Å². The maximum Gasteiger partial charge on any atom is 0.262 e. The predicted molar refractivity (Wildman–Crippen MR) is 117 cm³/mol. The lowest BCUT2D eigenvalue weighted by Crippen LogP contribution is -2.40. The molecule has 9 heteroatoms. The third-order valence-corrected chi connectivity index (χ3v) is 6.85. The Morgan fingerprint density at radius 1 is 1.13 bits per heavy atom. The van der Waals surface area contributed by atoms with Crippen molar-refractivity contribution < 1.29 is 27.4 Å². The van der Waals surface area contributed by atoms with Gasteiger partial charge in [0.05, 0.1) is 30.9 Å². The van der Waals surface area contributed by atoms with Gasteiger partial charge in [0.2, 0.25) is 10.0 Å². The Labute approximate surface area is 183 Å². The van der Waals surface area contributed by atoms with E-state index in [9.17, 15) is 13.2 Å². The minimum atomic E-state index is -3.70. The first-order chi connectivity index (χ1) is 14.8. The van der Waals surface area contributed by atoms with Crippen LogP contribution in [0.2, 0.25) is 0 Å². The first kappa shape index (κ1) is 23.1. The Kier molecular flexibility index (Phi) is 7.53. The van der Waals surface area contributed by atoms with Crippen LogP contribution in [0.15, 0.2) is 47.4 Å². The molecule has 2 aromatic carbocycles. The summed E-state index contributed by atoms with van der Waals surface area (Å²) in [5.41, 5.74) is 1.27. The average molecular weight is 449 g/mol. The van der Waals surface area contributed by atoms with Crippen molar-refractivity contribution in [2.24, 2.45) is 0 Å². The number of nitrogens with one attached hydrogen (secondary N) is 1. The van der Waals surface area contributed by atoms with Gasteiger partial charge in [-0.25, -0.2) is 8.42 Å². The van der Waals surface area contributed by atoms with Crippen LogP contribution in [-0.4, -0.2) is 58.7 Å². The summed E-state index contributed by atoms with van der Waals surface area (Å²) in [4.78, 5) is 12.6. The molecule has 1 heterocycles. The predicted octanol–water partition coefficient (Wildman–Crippen LogP) is 2.86. The van der Waals surface area contributed by atoms with Crippen molar-refractivity contribution in [3.63, 3.8) is 0 Å². The first-order valence-electron chi connectivity index (χ1n) is 10.1. The molecule has 8 nitrogen and oxygen atoms in total. The van der Waals surface area contributed by atoms with Gasteiger partial charge in [0, 0.05) is 13.1 Å². The lowest BCUT2D eigenvalue weighted by Gasteiger charge is -2.26. The monoisotopic (exact) mass is 448 g/mol. The van der Waals surface area contributed by atoms with Crippen molar-refractivity contribution in [1.82, 2.24) is 4.31 Å². The van der Waals surface area contributed by atoms with Crippen molar-refractivity contribution in [3.8, 4) is 11.5 Å². The van der Waals surface area contributed by atoms with Crippen LogP contribution in [0.5, 0.6) is 11.5 Å². The molecule has 0 unspecified atom stereocenters. The summed E-state index contributed by atoms with van der Waals surface area (Å²) in [7, 11) is -2.25. The zero-order valence-electron chi connectivity index (χ0n) is 18.0. The number of amides is 1. The number of methoxy groups -OCH3 is 1. The van der Waals surface area contributed by atoms with Crippen molar-refractivity contribution in [2.45, 2.75) is 24.7 Å². The molecule has 1 N–H and O–H groups in total. The SMILES string of the molecule is COc1ccc(S(=O)(=O)N2CCOCC2)cc1NC(=O)COc1ccccc1C(C)C. The van der Waals surface area contributed by atoms with Gasteiger partial charge in [-0.1, -0.05) is 32.0 Å². The third kappa shape index (κ3) is 5.55. The number of rotatable bonds is 8. The molecule has 1 amide bonds. The number of ether oxygens (including phenoxy) is 3. The molecule has 0 spiro atoms. The fourth-order valence-corrected chi connectivity index (χ4v) is 4.73. The minimum absolute atomic E-state index is 0.0802. The smallest absolute Gasteiger partial charge is 0.262 e. The summed E-state index contributed by atoms with van der Waals surface area (Å²) in [6.45, 7) is 5.18. The van der Waals surface area contributed by atoms with Crippen LogP contribution in [0.3, 0.4) is 0 Å². The normalized spacial score (nSPS) is 15.0. The Balaban J connectivity index is 1.74. The molecule has 0 bridgehead atoms. The van der Waals surface area contributed by atoms with Crippen LogP contribution in [0, 0.1) is 0 Å². The average Bonchev–Trinajstić information content (AvgIpc) is 2.78. The van der Waals surface area contributed by atoms with E-state index in [0.717, 1.165) is 5.56 Å². The number of anilines is 1. The summed E-state index contributed by atoms with van der Waals surface area (Å²) in [5.74, 6) is 0.833. The van der Waals surface area contributed by atoms with Gasteiger partial charge in [-0.15, -0.1) is 0 Å². The fraction of sp³-hybridized carbons (Fsp3) is 0.409. The Hall–Kier alpha value is -2.62. The highest BCUT2D eigenvalue weighted by atomic mass is 32.2. The van der Waals surface area contributed by atoms with Crippen LogP contribution in [-0.2, 0) is 19.6 Å². The maximum atomic E-state index is 12.9. The summed E-state index contributed by atoms with van der Waals surface area (Å²) in [6.07, 6.45) is 0. The zero-order valence-corrected chi connectivity index (χ0v) is 18.8. The quantitative estimate of drug-likeness (QED) is 0.667. The number of morpholine rings is 1. The Bertz CT molecular complexity index is 1020. The van der Waals surface area contributed by atoms with Gasteiger partial charge < -0.3 is 19.5 Å². The van der Waals surface area contributed by atoms with Gasteiger partial charge in [0.25, 0.3) is 5.91 Å². The van der Waals surface area contributed by atoms with Crippen LogP contribution < -0.4 is 14.8 Å². The van der Waals surface area contributed by atoms with Gasteiger partial charge in [0.15, 0.2) is 6.61 Å². The number of hydrogen-bond acceptors (Lipinski definition) is 6. The summed E-state index contributed by atoms with van der Waals surface area (Å²) in [5, 5.41) is 2.70. The molecule has 0 aliphatic carbocycles. The van der Waals surface area contributed by atoms with E-state index in [2.05, 4.69) is 5.32 Å². The fourth-order valence-electron chi connectivity index (χ4n) is 3.30. The number of carbonyl (C=O) groups is 1. The molecule has 168 valence electrons. The highest BCUT2D eigenvalue weighted by molar-refractivity contribution is 7.89. The van der Waals surface area contributed by atoms with Crippen molar-refractivity contribution >= 4 is 21.6 Å². The van der Waals surface area contributed by atoms with Gasteiger partial charge in [-0.3, -0.25) is 4.79 Å². The molecule has 2 aromatic rings. The Morgan fingerprint density at radius 2 is 1.84 bits per heavy atom. The summed E-state index contributed by atoms with van der Waals surface area (Å²) < 4.78 is 43.5. The lowest BCUT2D eigenvalue weighted by atomic mass is 10.0. The molecule has 1 aliphatic heterocycles. The third-order valence-electron chi connectivity index (χ3n) is 4.95. The molecular formula is C22H28N2O6S. The number of para-hydroxylation sites is 1. The molecular weight excluding hydrogens is 420 g/mol. The van der Waals surface area contributed by atoms with Gasteiger partial charge in [-0.05, 0) is 35.7 Å². The second-order valence-corrected chi connectivity index (χ2v) is 9.35. The van der Waals surface area contributed by atoms with Crippen LogP contribution >= 0.6 is 0 Å². The van der Waals surface area contributed by atoms with E-state index in [1.807, 2.05) is 38.1 Å². The second-order valence-electron chi connectivity index (χ2n) is 7.41. The molecule has 0 aromatic heterocycles. The van der Waals surface area contributed by atoms with E-state index in [1.54, 1.807) is 0 Å². The molecule has 31 heavy (non-hydrogen) atoms. The second kappa shape index (κ2) is 10.1. The molecule has 0 saturated carbocycles. The van der Waals surface area contributed by atoms with E-state index in [-0.39, 0.29) is 23.1 Å². The largest absolute Gasteiger partial charge is 0.495 e. The zero-order chi connectivity index (χ0) is 22.4. The van der Waals surface area contributed by atoms with Crippen LogP contribution in [0.25, 0.3) is 0 Å². The first-order valence-corrected chi connectivity index (χ1v) is 11.5. The van der Waals surface area contributed by atoms with Crippen LogP contribution in [0.1, 0.15) is 25.3 Å². The highest BCUT2D eigenvalue weighted by Gasteiger charge is 2.27. The molecule has 1 aliphatic rings. The molecule has 0 radical (unpaired) electrons. The maximum absolute atomic E-state index is 12.9. The highest BCUT2D eigenvalue weighted by Crippen LogP contribution is 2.30. The minimum Gasteiger partial charge on any atom is -0.495 e. The number of nitrogens with zero attached hydrogens (tertiary/aromatic N) is 1. The molecule has 0 atom stereocenters. The van der Waals surface area contributed by atoms with Crippen molar-refractivity contribution in [3.05, 3.63) is 48.0 Å². The van der Waals surface area contributed by atoms with Crippen LogP contribution in [0.4, 0.5) is 5.69 Å². The molecule has 1 fully saturated rings. The molecule has 3 rings (SSSR count). The standard InChI is InChI=1S/C22H28N2O6S/c1-16(2)18-6-4-5-7-20(18)30-15-22(25)23-19-14-17(8-9-21(19)28-3)31(26,27)24-10-12-29-13-11-24/h4-9,14,16H,10-13,15H2,1-3H3,(H,23,25). The lowest BCUT2D eigenvalue weighted by molar-refractivity contribution is -0.118. The van der Waals surface area contributed by atoms with E-state index in [1.165, 1.54) is 29.6 Å². The number of hydrogen-bond donors (Lipinski definition) is 1. The van der Waals surface area contributed by atoms with E-state index >= 15 is 0 Å². The number of carbonyl (C=O) groups excluding carboxylic acids is 1. The molecule has 1 saturated heterocycles. The number of benzene rings is 2. The Morgan fingerprint density at radius 3 is 2.52 bits per heavy atom. The number of sulfonamides is 1. The van der Waals surface area contributed by atoms with E-state index in [4.69, 9.17) is 14.2 Å². The van der Waals surface area contributed by atoms with Gasteiger partial charge >= 0.3 is 0 Å². The topological polar surface area (TPSA) is 94.2 Å². The van der Waals surface area contributed by atoms with E-state index in [0.29, 0.717) is 37.8 Å². The van der Waals surface area contributed by atoms with Crippen molar-refractivity contribution in [1.29, 1.82) is 0 Å². The summed E-state index contributed by atoms with van der Waals surface area (Å²) >= 11 is 0. The van der Waals surface area contributed by atoms with E-state index < -0.39 is 15.9 Å².